The number of hydrogen-bond acceptors (Lipinski definition) is 16. The Kier molecular flexibility index (Phi) is 134. The summed E-state index contributed by atoms with van der Waals surface area (Å²) in [6, 6.07) is 0. The topological polar surface area (TPSA) is 203 Å². The van der Waals surface area contributed by atoms with Crippen LogP contribution < -0.4 is 0 Å². The SMILES string of the molecule is C=CCOC.CCC(CC)OC.CCCOC.CCOC.CC[C@@H](C)OC.CC[C@H](C)OC.COCCO.COCOC.COC[C@@H](O)CO.COC[C@H](O)CO. The van der Waals surface area contributed by atoms with E-state index in [2.05, 4.69) is 88.2 Å². The molecule has 0 aliphatic rings. The lowest BCUT2D eigenvalue weighted by atomic mass is 10.2. The van der Waals surface area contributed by atoms with Crippen molar-refractivity contribution in [2.45, 2.75) is 118 Å². The number of methoxy groups -OCH3 is 11. The van der Waals surface area contributed by atoms with Crippen molar-refractivity contribution in [1.82, 2.24) is 0 Å². The van der Waals surface area contributed by atoms with Gasteiger partial charge in [0.05, 0.1) is 64.6 Å². The zero-order valence-electron chi connectivity index (χ0n) is 40.5. The highest BCUT2D eigenvalue weighted by molar-refractivity contribution is 4.62. The molecule has 0 bridgehead atoms. The third-order valence-corrected chi connectivity index (χ3v) is 5.85. The number of rotatable bonds is 22. The van der Waals surface area contributed by atoms with Gasteiger partial charge in [0, 0.05) is 91.4 Å². The molecule has 0 spiro atoms. The summed E-state index contributed by atoms with van der Waals surface area (Å²) in [5.74, 6) is 0. The van der Waals surface area contributed by atoms with Crippen LogP contribution in [0.3, 0.4) is 0 Å². The zero-order chi connectivity index (χ0) is 47.0. The van der Waals surface area contributed by atoms with E-state index in [-0.39, 0.29) is 33.0 Å². The standard InChI is InChI=1S/C6H14O.2C5H12O.2C4H10O3.C4H10O.C4H8O.2C3H8O2.C3H8O/c1-4-6(5-2)7-3;2*1-4-5(2)6-3;2*1-7-3-4(6)2-5;2*1-3-4-5-2;1-4-3-5-2;1-5-3-2-4;1-3-4-2/h6H,4-5H2,1-3H3;2*5H,4H2,1-3H3;2*4-6H,2-3H2,1H3;3-4H2,1-2H3;3H,1,4H2,2H3;3H2,1-2H3;4H,2-3H2,1H3;3H2,1-2H3/t;2*5-;2*4-;;;;;/m.1010...../s1. The predicted molar refractivity (Wildman–Crippen MR) is 234 cm³/mol. The molecule has 0 aromatic carbocycles. The molecular formula is C41H100O16. The van der Waals surface area contributed by atoms with E-state index in [1.54, 1.807) is 70.1 Å². The maximum absolute atomic E-state index is 8.48. The van der Waals surface area contributed by atoms with E-state index in [9.17, 15) is 0 Å². The minimum absolute atomic E-state index is 0.122. The molecular weight excluding hydrogens is 748 g/mol. The Labute approximate surface area is 352 Å². The lowest BCUT2D eigenvalue weighted by Gasteiger charge is -2.07. The molecule has 0 saturated carbocycles. The third-order valence-electron chi connectivity index (χ3n) is 5.85. The molecule has 360 valence electrons. The van der Waals surface area contributed by atoms with Crippen LogP contribution in [-0.2, 0) is 52.1 Å². The molecule has 57 heavy (non-hydrogen) atoms. The Hall–Kier alpha value is -0.900. The lowest BCUT2D eigenvalue weighted by Crippen LogP contribution is -2.17. The highest BCUT2D eigenvalue weighted by Gasteiger charge is 1.98. The van der Waals surface area contributed by atoms with Crippen LogP contribution in [0.4, 0.5) is 0 Å². The Morgan fingerprint density at radius 3 is 0.877 bits per heavy atom. The first kappa shape index (κ1) is 80.1. The van der Waals surface area contributed by atoms with Crippen LogP contribution in [0.1, 0.15) is 87.5 Å². The van der Waals surface area contributed by atoms with Crippen LogP contribution in [-0.4, -0.2) is 201 Å². The van der Waals surface area contributed by atoms with Gasteiger partial charge in [0.25, 0.3) is 0 Å². The quantitative estimate of drug-likeness (QED) is 0.0716. The molecule has 0 aromatic heterocycles. The number of hydrogen-bond donors (Lipinski definition) is 5. The third kappa shape index (κ3) is 151. The fraction of sp³-hybridized carbons (Fsp3) is 0.951. The average molecular weight is 849 g/mol. The largest absolute Gasteiger partial charge is 0.394 e. The Morgan fingerprint density at radius 2 is 0.860 bits per heavy atom. The molecule has 4 atom stereocenters. The first-order valence-electron chi connectivity index (χ1n) is 19.5. The smallest absolute Gasteiger partial charge is 0.145 e. The maximum Gasteiger partial charge on any atom is 0.145 e. The number of aliphatic hydroxyl groups is 5. The fourth-order valence-corrected chi connectivity index (χ4v) is 1.98. The maximum atomic E-state index is 8.48. The molecule has 5 N–H and O–H groups in total. The van der Waals surface area contributed by atoms with Gasteiger partial charge >= 0.3 is 0 Å². The molecule has 0 aliphatic heterocycles. The predicted octanol–water partition coefficient (Wildman–Crippen LogP) is 5.03. The van der Waals surface area contributed by atoms with E-state index < -0.39 is 12.2 Å². The van der Waals surface area contributed by atoms with Crippen molar-refractivity contribution in [3.63, 3.8) is 0 Å². The average Bonchev–Trinajstić information content (AvgIpc) is 3.24. The van der Waals surface area contributed by atoms with E-state index in [0.717, 1.165) is 45.3 Å². The molecule has 0 radical (unpaired) electrons. The molecule has 16 nitrogen and oxygen atoms in total. The first-order valence-corrected chi connectivity index (χ1v) is 19.5. The van der Waals surface area contributed by atoms with Crippen LogP contribution >= 0.6 is 0 Å². The Morgan fingerprint density at radius 1 is 0.491 bits per heavy atom. The zero-order valence-corrected chi connectivity index (χ0v) is 40.5. The molecule has 16 heteroatoms. The Bertz CT molecular complexity index is 465. The van der Waals surface area contributed by atoms with Crippen molar-refractivity contribution in [2.75, 3.05) is 144 Å². The van der Waals surface area contributed by atoms with Gasteiger partial charge in [-0.15, -0.1) is 6.58 Å². The molecule has 0 fully saturated rings. The molecule has 0 rings (SSSR count). The summed E-state index contributed by atoms with van der Waals surface area (Å²) in [5.41, 5.74) is 0. The second kappa shape index (κ2) is 95.5. The van der Waals surface area contributed by atoms with Gasteiger partial charge in [-0.05, 0) is 52.9 Å². The van der Waals surface area contributed by atoms with E-state index >= 15 is 0 Å². The first-order chi connectivity index (χ1) is 27.1. The molecule has 0 aromatic rings. The second-order valence-electron chi connectivity index (χ2n) is 10.9. The van der Waals surface area contributed by atoms with Crippen molar-refractivity contribution in [3.05, 3.63) is 12.7 Å². The molecule has 0 amide bonds. The van der Waals surface area contributed by atoms with E-state index in [0.29, 0.717) is 38.3 Å². The minimum atomic E-state index is -0.718. The van der Waals surface area contributed by atoms with Gasteiger partial charge in [-0.3, -0.25) is 0 Å². The van der Waals surface area contributed by atoms with Gasteiger partial charge in [0.15, 0.2) is 0 Å². The summed E-state index contributed by atoms with van der Waals surface area (Å²) in [4.78, 5) is 0. The van der Waals surface area contributed by atoms with E-state index in [4.69, 9.17) is 44.5 Å². The molecule has 0 unspecified atom stereocenters. The van der Waals surface area contributed by atoms with Crippen LogP contribution in [0.2, 0.25) is 0 Å². The van der Waals surface area contributed by atoms with Crippen molar-refractivity contribution >= 4 is 0 Å². The van der Waals surface area contributed by atoms with Gasteiger partial charge < -0.3 is 77.6 Å². The summed E-state index contributed by atoms with van der Waals surface area (Å²) in [6.45, 7) is 23.3. The van der Waals surface area contributed by atoms with Crippen LogP contribution in [0.5, 0.6) is 0 Å². The highest BCUT2D eigenvalue weighted by Crippen LogP contribution is 1.98. The van der Waals surface area contributed by atoms with Gasteiger partial charge in [-0.1, -0.05) is 40.7 Å². The van der Waals surface area contributed by atoms with Gasteiger partial charge in [0.1, 0.15) is 19.0 Å². The summed E-state index contributed by atoms with van der Waals surface area (Å²) in [6.07, 6.45) is 7.23. The monoisotopic (exact) mass is 849 g/mol. The van der Waals surface area contributed by atoms with Crippen molar-refractivity contribution in [2.24, 2.45) is 0 Å². The van der Waals surface area contributed by atoms with Crippen LogP contribution in [0.15, 0.2) is 12.7 Å². The second-order valence-corrected chi connectivity index (χ2v) is 10.9. The molecule has 0 aliphatic carbocycles. The van der Waals surface area contributed by atoms with Crippen molar-refractivity contribution < 1.29 is 77.6 Å². The van der Waals surface area contributed by atoms with Crippen LogP contribution in [0.25, 0.3) is 0 Å². The van der Waals surface area contributed by atoms with Gasteiger partial charge in [-0.25, -0.2) is 0 Å². The summed E-state index contributed by atoms with van der Waals surface area (Å²) >= 11 is 0. The van der Waals surface area contributed by atoms with E-state index in [1.165, 1.54) is 14.2 Å². The van der Waals surface area contributed by atoms with Gasteiger partial charge in [0.2, 0.25) is 0 Å². The van der Waals surface area contributed by atoms with Crippen molar-refractivity contribution in [1.29, 1.82) is 0 Å². The van der Waals surface area contributed by atoms with Crippen molar-refractivity contribution in [3.8, 4) is 0 Å². The minimum Gasteiger partial charge on any atom is -0.394 e. The summed E-state index contributed by atoms with van der Waals surface area (Å²) in [5, 5.41) is 41.2. The summed E-state index contributed by atoms with van der Waals surface area (Å²) in [7, 11) is 17.9. The van der Waals surface area contributed by atoms with E-state index in [1.807, 2.05) is 6.92 Å². The van der Waals surface area contributed by atoms with Crippen LogP contribution in [0, 0.1) is 0 Å². The normalized spacial score (nSPS) is 11.2. The molecule has 0 heterocycles. The molecule has 0 saturated heterocycles. The van der Waals surface area contributed by atoms with Gasteiger partial charge in [-0.2, -0.15) is 0 Å². The Balaban J connectivity index is -0.0000000541. The summed E-state index contributed by atoms with van der Waals surface area (Å²) < 4.78 is 51.0. The number of ether oxygens (including phenoxy) is 11. The number of aliphatic hydroxyl groups excluding tert-OH is 5. The highest BCUT2D eigenvalue weighted by atomic mass is 16.6. The lowest BCUT2D eigenvalue weighted by molar-refractivity contribution is -0.00272. The fourth-order valence-electron chi connectivity index (χ4n) is 1.98.